The summed E-state index contributed by atoms with van der Waals surface area (Å²) in [6.45, 7) is 16.6. The summed E-state index contributed by atoms with van der Waals surface area (Å²) in [7, 11) is 7.73. The molecule has 3 amide bonds. The van der Waals surface area contributed by atoms with Crippen molar-refractivity contribution >= 4 is 47.3 Å². The highest BCUT2D eigenvalue weighted by Gasteiger charge is 2.52. The quantitative estimate of drug-likeness (QED) is 0.00557. The number of hydroxylamine groups is 8. The van der Waals surface area contributed by atoms with Gasteiger partial charge in [0.2, 0.25) is 24.0 Å². The molecule has 17 atom stereocenters. The summed E-state index contributed by atoms with van der Waals surface area (Å²) in [5, 5.41) is 49.6. The predicted molar refractivity (Wildman–Crippen MR) is 460 cm³/mol. The number of aliphatic carboxylic acids is 3. The molecule has 0 aromatic heterocycles. The summed E-state index contributed by atoms with van der Waals surface area (Å²) in [5.41, 5.74) is 19.8. The first-order valence-corrected chi connectivity index (χ1v) is 43.1. The van der Waals surface area contributed by atoms with Gasteiger partial charge in [-0.25, -0.2) is 19.5 Å². The monoisotopic (exact) mass is 1760 g/mol. The second-order valence-corrected chi connectivity index (χ2v) is 33.0. The number of carboxylic acids is 3. The van der Waals surface area contributed by atoms with E-state index >= 15 is 0 Å². The summed E-state index contributed by atoms with van der Waals surface area (Å²) >= 11 is 0. The number of likely N-dealkylation sites (N-methyl/N-ethyl adjacent to an activating group) is 1. The number of carbonyl (C=O) groups is 7. The highest BCUT2D eigenvalue weighted by Crippen LogP contribution is 2.46. The first kappa shape index (κ1) is 100. The van der Waals surface area contributed by atoms with E-state index in [1.165, 1.54) is 17.2 Å². The summed E-state index contributed by atoms with van der Waals surface area (Å²) < 4.78 is 29.1. The third-order valence-corrected chi connectivity index (χ3v) is 23.3. The number of fused-ring (bicyclic) bond motifs is 3. The number of hydrogen-bond donors (Lipinski definition) is 10. The molecule has 0 radical (unpaired) electrons. The first-order chi connectivity index (χ1) is 60.6. The number of nitrogens with one attached hydrogen (secondary N) is 6. The minimum Gasteiger partial charge on any atom is -0.481 e. The molecule has 690 valence electrons. The maximum Gasteiger partial charge on any atom is 0.335 e. The topological polar surface area (TPSA) is 412 Å². The smallest absolute Gasteiger partial charge is 0.335 e. The average molecular weight is 1760 g/mol. The molecular weight excluding hydrogens is 1630 g/mol. The van der Waals surface area contributed by atoms with Gasteiger partial charge in [-0.05, 0) is 131 Å². The van der Waals surface area contributed by atoms with E-state index in [2.05, 4.69) is 70.7 Å². The van der Waals surface area contributed by atoms with E-state index in [0.717, 1.165) is 47.8 Å². The average Bonchev–Trinajstić information content (AvgIpc) is 1.44. The summed E-state index contributed by atoms with van der Waals surface area (Å²) in [4.78, 5) is 147. The number of carboxylic acid groups (broad SMARTS) is 3. The van der Waals surface area contributed by atoms with Gasteiger partial charge in [-0.2, -0.15) is 21.5 Å². The lowest BCUT2D eigenvalue weighted by Gasteiger charge is -2.44. The lowest BCUT2D eigenvalue weighted by atomic mass is 9.71. The van der Waals surface area contributed by atoms with E-state index < -0.39 is 140 Å². The Kier molecular flexibility index (Phi) is 40.6. The third kappa shape index (κ3) is 29.3. The van der Waals surface area contributed by atoms with Crippen molar-refractivity contribution in [1.29, 1.82) is 0 Å². The number of hydrogen-bond acceptors (Lipinski definition) is 28. The van der Waals surface area contributed by atoms with Gasteiger partial charge in [0.1, 0.15) is 25.0 Å². The highest BCUT2D eigenvalue weighted by molar-refractivity contribution is 5.94. The Morgan fingerprint density at radius 1 is 0.619 bits per heavy atom. The van der Waals surface area contributed by atoms with E-state index in [-0.39, 0.29) is 86.5 Å². The van der Waals surface area contributed by atoms with Gasteiger partial charge in [0.05, 0.1) is 75.3 Å². The molecule has 10 N–H and O–H groups in total. The molecule has 2 heterocycles. The zero-order chi connectivity index (χ0) is 90.9. The molecule has 2 aliphatic heterocycles. The van der Waals surface area contributed by atoms with Crippen LogP contribution in [0, 0.1) is 41.4 Å². The molecule has 9 rings (SSSR count). The molecule has 6 aromatic rings. The molecule has 0 spiro atoms. The minimum atomic E-state index is -1.57. The van der Waals surface area contributed by atoms with Crippen LogP contribution in [0.15, 0.2) is 158 Å². The van der Waals surface area contributed by atoms with Crippen LogP contribution in [0.4, 0.5) is 5.69 Å². The maximum absolute atomic E-state index is 14.6. The van der Waals surface area contributed by atoms with Crippen LogP contribution < -0.4 is 37.3 Å². The maximum atomic E-state index is 14.6. The van der Waals surface area contributed by atoms with Crippen molar-refractivity contribution in [2.75, 3.05) is 60.4 Å². The molecule has 0 bridgehead atoms. The van der Waals surface area contributed by atoms with Crippen molar-refractivity contribution < 1.29 is 122 Å². The fraction of sp³-hybridized carbons (Fsp3) is 0.533. The first-order valence-electron chi connectivity index (χ1n) is 43.1. The molecule has 2 saturated heterocycles. The number of methoxy groups -OCH3 is 3. The Morgan fingerprint density at radius 3 is 1.84 bits per heavy atom. The largest absolute Gasteiger partial charge is 0.481 e. The standard InChI is InChI=1S/C92H127N9O25/c1-14-58(6)83(77(113-11)52-79(102)101-47-27-37-76(101)85(114-12)59(7)87(110)94-60(8)84(109)64-30-19-16-20-31-64)99(9)123-89(56(2)3)98-122-90(57(4)5)100(10)126-118-54-62-38-42-65(43-39-62)95-88(111)75(96-121-78(48-61-28-17-15-18-29-61)97-125-117-55-74-69-34-23-21-32-67(69)68-33-22-24-35-70(68)74)36-25-26-46-93-124-116-53-63-40-44-66(45-41-63)119-92-73(51-82(107)108)71(49-80(103)104)72(50-81(105)106)86(120-92)91(112)115-13/h15-24,28-35,38-45,56-60,71-78,83-86,89-90,92-93,96-98,109H,14,25-27,36-37,46-55H2,1-13H3,(H,94,110)(H,95,111)(H,103,104)(H,105,106)(H,107,108)/t58-,59+,60+,71-,72-,73+,75-,76-,77+,78-,83-,84+,85+,86-,89-,90-,92+/m0/s1. The van der Waals surface area contributed by atoms with Gasteiger partial charge in [-0.3, -0.25) is 43.3 Å². The number of aliphatic hydroxyl groups excluding tert-OH is 1. The number of rotatable bonds is 56. The van der Waals surface area contributed by atoms with Crippen molar-refractivity contribution in [2.24, 2.45) is 41.4 Å². The molecule has 2 fully saturated rings. The van der Waals surface area contributed by atoms with E-state index in [1.807, 2.05) is 125 Å². The van der Waals surface area contributed by atoms with Crippen LogP contribution in [0.2, 0.25) is 0 Å². The van der Waals surface area contributed by atoms with Crippen molar-refractivity contribution in [1.82, 2.24) is 42.3 Å². The van der Waals surface area contributed by atoms with Crippen molar-refractivity contribution in [3.8, 4) is 16.9 Å². The number of ether oxygens (including phenoxy) is 5. The molecular formula is C92H127N9O25. The number of benzene rings is 6. The van der Waals surface area contributed by atoms with Crippen LogP contribution >= 0.6 is 0 Å². The zero-order valence-corrected chi connectivity index (χ0v) is 74.1. The van der Waals surface area contributed by atoms with Gasteiger partial charge in [0, 0.05) is 77.7 Å². The molecule has 3 aliphatic rings. The van der Waals surface area contributed by atoms with Gasteiger partial charge in [0.15, 0.2) is 24.8 Å². The van der Waals surface area contributed by atoms with Crippen LogP contribution in [0.25, 0.3) is 11.1 Å². The van der Waals surface area contributed by atoms with Crippen molar-refractivity contribution in [2.45, 2.75) is 219 Å². The molecule has 0 unspecified atom stereocenters. The Labute approximate surface area is 736 Å². The second-order valence-electron chi connectivity index (χ2n) is 33.0. The SMILES string of the molecule is CC[C@H](C)[C@@H]([C@@H](CC(=O)N1CCC[C@H]1[C@H](OC)[C@@H](C)C(=O)N[C@H](C)[C@@H](O)c1ccccc1)OC)N(C)O[C@H](NO[C@@H](C(C)C)N(C)OOCc1ccc(NC(=O)[C@H](CCCCNOOCc2ccc(O[C@@H]3O[C@H](C(=O)OC)[C@@H](CC(=O)O)[C@H](CC(=O)O)[C@H]3CC(=O)O)cc2)NO[C@@H](Cc2ccccc2)NOOCC2c3ccccc3-c3ccccc32)cc1)C(C)C. The molecule has 6 aromatic carbocycles. The minimum absolute atomic E-state index is 0.00122. The van der Waals surface area contributed by atoms with Crippen LogP contribution in [-0.2, 0) is 116 Å². The lowest BCUT2D eigenvalue weighted by Crippen LogP contribution is -2.54. The van der Waals surface area contributed by atoms with Crippen LogP contribution in [-0.4, -0.2) is 200 Å². The highest BCUT2D eigenvalue weighted by atomic mass is 17.3. The van der Waals surface area contributed by atoms with Crippen molar-refractivity contribution in [3.63, 3.8) is 0 Å². The molecule has 126 heavy (non-hydrogen) atoms. The van der Waals surface area contributed by atoms with Crippen molar-refractivity contribution in [3.05, 3.63) is 191 Å². The normalized spacial score (nSPS) is 19.7. The zero-order valence-electron chi connectivity index (χ0n) is 74.1. The van der Waals surface area contributed by atoms with E-state index in [4.69, 9.17) is 67.8 Å². The predicted octanol–water partition coefficient (Wildman–Crippen LogP) is 11.1. The van der Waals surface area contributed by atoms with E-state index in [0.29, 0.717) is 54.6 Å². The number of aliphatic hydroxyl groups is 1. The van der Waals surface area contributed by atoms with Crippen LogP contribution in [0.5, 0.6) is 5.75 Å². The van der Waals surface area contributed by atoms with Gasteiger partial charge in [0.25, 0.3) is 0 Å². The van der Waals surface area contributed by atoms with E-state index in [1.54, 1.807) is 76.6 Å². The molecule has 0 saturated carbocycles. The fourth-order valence-corrected chi connectivity index (χ4v) is 16.4. The number of carbonyl (C=O) groups excluding carboxylic acids is 4. The van der Waals surface area contributed by atoms with Gasteiger partial charge < -0.3 is 59.6 Å². The number of amides is 3. The fourth-order valence-electron chi connectivity index (χ4n) is 16.4. The van der Waals surface area contributed by atoms with Crippen LogP contribution in [0.1, 0.15) is 165 Å². The second kappa shape index (κ2) is 51.0. The Bertz CT molecular complexity index is 4290. The van der Waals surface area contributed by atoms with Crippen LogP contribution in [0.3, 0.4) is 0 Å². The number of likely N-dealkylation sites (tertiary alicyclic amines) is 1. The van der Waals surface area contributed by atoms with Gasteiger partial charge in [-0.1, -0.05) is 188 Å². The Morgan fingerprint density at radius 2 is 1.23 bits per heavy atom. The van der Waals surface area contributed by atoms with Gasteiger partial charge >= 0.3 is 23.9 Å². The lowest BCUT2D eigenvalue weighted by molar-refractivity contribution is -0.463. The number of esters is 1. The van der Waals surface area contributed by atoms with Gasteiger partial charge in [-0.15, -0.1) is 25.5 Å². The van der Waals surface area contributed by atoms with E-state index in [9.17, 15) is 54.0 Å². The number of nitrogens with zero attached hydrogens (tertiary/aromatic N) is 3. The molecule has 34 heteroatoms. The Balaban J connectivity index is 0.776. The number of anilines is 1. The summed E-state index contributed by atoms with van der Waals surface area (Å²) in [6.07, 6.45) is -5.73. The third-order valence-electron chi connectivity index (χ3n) is 23.3. The summed E-state index contributed by atoms with van der Waals surface area (Å²) in [6, 6.07) is 46.2. The summed E-state index contributed by atoms with van der Waals surface area (Å²) in [5.74, 6) is -10.2. The molecule has 1 aliphatic carbocycles. The Hall–Kier alpha value is -9.35. The molecule has 34 nitrogen and oxygen atoms in total. The number of unbranched alkanes of at least 4 members (excludes halogenated alkanes) is 1.